The van der Waals surface area contributed by atoms with Gasteiger partial charge in [0.05, 0.1) is 29.8 Å². The molecule has 4 atom stereocenters. The molecule has 1 aliphatic heterocycles. The lowest BCUT2D eigenvalue weighted by molar-refractivity contribution is -0.164. The van der Waals surface area contributed by atoms with Crippen LogP contribution in [0.3, 0.4) is 0 Å². The maximum Gasteiger partial charge on any atom is 0.198 e. The molecule has 216 valence electrons. The van der Waals surface area contributed by atoms with Crippen LogP contribution in [0, 0.1) is 5.92 Å². The molecule has 0 bridgehead atoms. The second kappa shape index (κ2) is 11.0. The Bertz CT molecular complexity index is 1670. The third-order valence-electron chi connectivity index (χ3n) is 8.65. The Morgan fingerprint density at radius 2 is 1.37 bits per heavy atom. The summed E-state index contributed by atoms with van der Waals surface area (Å²) in [5.74, 6) is -0.446. The molecule has 0 N–H and O–H groups in total. The zero-order valence-electron chi connectivity index (χ0n) is 24.2. The van der Waals surface area contributed by atoms with E-state index in [0.29, 0.717) is 19.0 Å². The van der Waals surface area contributed by atoms with Crippen LogP contribution in [0.4, 0.5) is 5.95 Å². The van der Waals surface area contributed by atoms with Crippen LogP contribution in [0.25, 0.3) is 21.5 Å². The molecule has 1 saturated carbocycles. The molecule has 2 heterocycles. The predicted octanol–water partition coefficient (Wildman–Crippen LogP) is 8.07. The Hall–Kier alpha value is -4.46. The molecule has 8 nitrogen and oxygen atoms in total. The summed E-state index contributed by atoms with van der Waals surface area (Å²) >= 11 is 0. The van der Waals surface area contributed by atoms with Crippen LogP contribution in [-0.4, -0.2) is 34.2 Å². The van der Waals surface area contributed by atoms with Gasteiger partial charge in [0, 0.05) is 10.8 Å². The summed E-state index contributed by atoms with van der Waals surface area (Å²) in [4.78, 5) is 7.72. The maximum absolute atomic E-state index is 9.36. The highest BCUT2D eigenvalue weighted by molar-refractivity contribution is 5.78. The summed E-state index contributed by atoms with van der Waals surface area (Å²) in [6, 6.07) is 38.8. The summed E-state index contributed by atoms with van der Waals surface area (Å²) < 4.78 is 22.4. The van der Waals surface area contributed by atoms with E-state index in [1.165, 1.54) is 0 Å². The van der Waals surface area contributed by atoms with E-state index in [9.17, 15) is 5.53 Å². The van der Waals surface area contributed by atoms with Crippen molar-refractivity contribution < 1.29 is 14.2 Å². The Morgan fingerprint density at radius 1 is 0.837 bits per heavy atom. The molecule has 2 aliphatic rings. The molecule has 43 heavy (non-hydrogen) atoms. The SMILES string of the molecule is CC1(C)OC2C(COC(c3ccccc3)(c3ccccc3)c3ccccc3)CC(n3c(N=[N+]=[N-])nc4ccccc43)C2O1. The fourth-order valence-corrected chi connectivity index (χ4v) is 6.94. The van der Waals surface area contributed by atoms with Crippen molar-refractivity contribution in [2.45, 2.75) is 49.9 Å². The first-order chi connectivity index (χ1) is 21.0. The number of hydrogen-bond acceptors (Lipinski definition) is 5. The number of azide groups is 1. The minimum atomic E-state index is -0.843. The lowest BCUT2D eigenvalue weighted by Crippen LogP contribution is -2.37. The van der Waals surface area contributed by atoms with Gasteiger partial charge in [-0.2, -0.15) is 0 Å². The zero-order chi connectivity index (χ0) is 29.4. The highest BCUT2D eigenvalue weighted by atomic mass is 16.8. The van der Waals surface area contributed by atoms with Gasteiger partial charge in [-0.15, -0.1) is 0 Å². The fraction of sp³-hybridized carbons (Fsp3) is 0.286. The van der Waals surface area contributed by atoms with Gasteiger partial charge in [0.2, 0.25) is 0 Å². The van der Waals surface area contributed by atoms with Crippen LogP contribution >= 0.6 is 0 Å². The first-order valence-electron chi connectivity index (χ1n) is 14.7. The Balaban J connectivity index is 1.31. The van der Waals surface area contributed by atoms with Gasteiger partial charge in [0.1, 0.15) is 11.7 Å². The number of nitrogens with zero attached hydrogens (tertiary/aromatic N) is 5. The Morgan fingerprint density at radius 3 is 1.95 bits per heavy atom. The first kappa shape index (κ1) is 27.4. The van der Waals surface area contributed by atoms with Gasteiger partial charge < -0.3 is 18.8 Å². The average Bonchev–Trinajstić information content (AvgIpc) is 3.67. The van der Waals surface area contributed by atoms with Crippen LogP contribution in [0.2, 0.25) is 0 Å². The molecule has 0 spiro atoms. The number of fused-ring (bicyclic) bond motifs is 2. The molecule has 0 amide bonds. The lowest BCUT2D eigenvalue weighted by atomic mass is 9.80. The molecule has 0 radical (unpaired) electrons. The molecular weight excluding hydrogens is 538 g/mol. The highest BCUT2D eigenvalue weighted by Gasteiger charge is 2.55. The highest BCUT2D eigenvalue weighted by Crippen LogP contribution is 2.50. The summed E-state index contributed by atoms with van der Waals surface area (Å²) in [6.07, 6.45) is 0.210. The molecule has 2 fully saturated rings. The third-order valence-corrected chi connectivity index (χ3v) is 8.65. The van der Waals surface area contributed by atoms with Crippen molar-refractivity contribution in [3.8, 4) is 0 Å². The quantitative estimate of drug-likeness (QED) is 0.0814. The van der Waals surface area contributed by atoms with Crippen molar-refractivity contribution in [1.82, 2.24) is 9.55 Å². The van der Waals surface area contributed by atoms with Crippen molar-refractivity contribution in [2.75, 3.05) is 6.61 Å². The average molecular weight is 572 g/mol. The largest absolute Gasteiger partial charge is 0.360 e. The number of aromatic nitrogens is 2. The van der Waals surface area contributed by atoms with Crippen molar-refractivity contribution >= 4 is 17.0 Å². The molecule has 8 heteroatoms. The predicted molar refractivity (Wildman–Crippen MR) is 165 cm³/mol. The van der Waals surface area contributed by atoms with Crippen molar-refractivity contribution in [3.63, 3.8) is 0 Å². The van der Waals surface area contributed by atoms with Gasteiger partial charge in [-0.05, 0) is 59.7 Å². The number of hydrogen-bond donors (Lipinski definition) is 0. The van der Waals surface area contributed by atoms with Crippen LogP contribution in [0.1, 0.15) is 43.0 Å². The number of rotatable bonds is 8. The van der Waals surface area contributed by atoms with Crippen LogP contribution < -0.4 is 0 Å². The van der Waals surface area contributed by atoms with E-state index in [-0.39, 0.29) is 24.2 Å². The molecule has 4 unspecified atom stereocenters. The van der Waals surface area contributed by atoms with Crippen molar-refractivity contribution in [3.05, 3.63) is 142 Å². The van der Waals surface area contributed by atoms with E-state index in [0.717, 1.165) is 27.7 Å². The molecule has 4 aromatic carbocycles. The van der Waals surface area contributed by atoms with E-state index >= 15 is 0 Å². The lowest BCUT2D eigenvalue weighted by Gasteiger charge is -2.37. The summed E-state index contributed by atoms with van der Waals surface area (Å²) in [5.41, 5.74) is 13.3. The smallest absolute Gasteiger partial charge is 0.198 e. The van der Waals surface area contributed by atoms with Crippen molar-refractivity contribution in [2.24, 2.45) is 11.0 Å². The molecule has 1 saturated heterocycles. The molecule has 7 rings (SSSR count). The fourth-order valence-electron chi connectivity index (χ4n) is 6.94. The van der Waals surface area contributed by atoms with E-state index < -0.39 is 11.4 Å². The van der Waals surface area contributed by atoms with Crippen molar-refractivity contribution in [1.29, 1.82) is 0 Å². The molecule has 1 aliphatic carbocycles. The first-order valence-corrected chi connectivity index (χ1v) is 14.7. The Kier molecular flexibility index (Phi) is 7.00. The van der Waals surface area contributed by atoms with E-state index in [1.54, 1.807) is 0 Å². The number of imidazole rings is 1. The van der Waals surface area contributed by atoms with Crippen LogP contribution in [0.15, 0.2) is 120 Å². The maximum atomic E-state index is 9.36. The van der Waals surface area contributed by atoms with Crippen LogP contribution in [-0.2, 0) is 19.8 Å². The minimum absolute atomic E-state index is 0.00707. The Labute approximate surface area is 250 Å². The summed E-state index contributed by atoms with van der Waals surface area (Å²) in [7, 11) is 0. The monoisotopic (exact) mass is 571 g/mol. The van der Waals surface area contributed by atoms with Gasteiger partial charge in [-0.25, -0.2) is 4.98 Å². The second-order valence-corrected chi connectivity index (χ2v) is 11.7. The number of benzene rings is 4. The van der Waals surface area contributed by atoms with E-state index in [1.807, 2.05) is 60.9 Å². The van der Waals surface area contributed by atoms with Gasteiger partial charge in [0.15, 0.2) is 11.7 Å². The summed E-state index contributed by atoms with van der Waals surface area (Å²) in [6.45, 7) is 4.31. The van der Waals surface area contributed by atoms with Gasteiger partial charge in [-0.1, -0.05) is 103 Å². The topological polar surface area (TPSA) is 94.3 Å². The molecule has 1 aromatic heterocycles. The second-order valence-electron chi connectivity index (χ2n) is 11.7. The van der Waals surface area contributed by atoms with Gasteiger partial charge >= 0.3 is 0 Å². The molecule has 5 aromatic rings. The minimum Gasteiger partial charge on any atom is -0.360 e. The van der Waals surface area contributed by atoms with Gasteiger partial charge in [0.25, 0.3) is 0 Å². The molecular formula is C35H33N5O3. The van der Waals surface area contributed by atoms with Gasteiger partial charge in [-0.3, -0.25) is 0 Å². The normalized spacial score (nSPS) is 22.7. The van der Waals surface area contributed by atoms with Crippen LogP contribution in [0.5, 0.6) is 0 Å². The standard InChI is InChI=1S/C35H33N5O3/c1-34(2)42-31-24(22-30(32(31)43-34)40-29-21-13-12-20-28(29)37-33(40)38-39-36)23-41-35(25-14-6-3-7-15-25,26-16-8-4-9-17-26)27-18-10-5-11-19-27/h3-21,24,30-32H,22-23H2,1-2H3. The van der Waals surface area contributed by atoms with E-state index in [4.69, 9.17) is 14.2 Å². The number of ether oxygens (including phenoxy) is 3. The number of para-hydroxylation sites is 2. The van der Waals surface area contributed by atoms with E-state index in [2.05, 4.69) is 87.8 Å². The zero-order valence-corrected chi connectivity index (χ0v) is 24.2. The summed E-state index contributed by atoms with van der Waals surface area (Å²) in [5, 5.41) is 3.97. The third kappa shape index (κ3) is 4.79.